The maximum absolute atomic E-state index is 8.49. The molecule has 0 saturated carbocycles. The standard InChI is InChI=1S/2ClHO4.Pd/c2*2-1(3,4)5;/h2*(H,2,3,4,5);/q;;+2/p-2. The van der Waals surface area contributed by atoms with Crippen LogP contribution in [-0.2, 0) is 20.4 Å². The van der Waals surface area contributed by atoms with Gasteiger partial charge in [-0.05, 0) is 0 Å². The van der Waals surface area contributed by atoms with Crippen LogP contribution >= 0.6 is 0 Å². The van der Waals surface area contributed by atoms with Gasteiger partial charge in [0, 0.05) is 0 Å². The molecular weight excluding hydrogens is 305 g/mol. The van der Waals surface area contributed by atoms with Gasteiger partial charge in [-0.1, -0.05) is 0 Å². The van der Waals surface area contributed by atoms with E-state index in [1.165, 1.54) is 0 Å². The van der Waals surface area contributed by atoms with Crippen LogP contribution in [0.25, 0.3) is 0 Å². The van der Waals surface area contributed by atoms with Crippen LogP contribution in [0.2, 0.25) is 0 Å². The van der Waals surface area contributed by atoms with Gasteiger partial charge in [0.25, 0.3) is 0 Å². The summed E-state index contributed by atoms with van der Waals surface area (Å²) in [5, 5.41) is 0. The third-order valence-corrected chi connectivity index (χ3v) is 0. The number of hydrogen-bond donors (Lipinski definition) is 0. The Bertz CT molecular complexity index is 55.1. The van der Waals surface area contributed by atoms with Crippen molar-refractivity contribution in [3.8, 4) is 0 Å². The van der Waals surface area contributed by atoms with Crippen molar-refractivity contribution in [2.75, 3.05) is 0 Å². The first-order chi connectivity index (χ1) is 4.00. The molecule has 0 aliphatic carbocycles. The van der Waals surface area contributed by atoms with E-state index < -0.39 is 20.5 Å². The molecule has 0 heterocycles. The fourth-order valence-corrected chi connectivity index (χ4v) is 0. The summed E-state index contributed by atoms with van der Waals surface area (Å²) in [5.74, 6) is 0. The zero-order valence-electron chi connectivity index (χ0n) is 4.34. The molecule has 0 N–H and O–H groups in total. The topological polar surface area (TPSA) is 184 Å². The number of halogens is 2. The van der Waals surface area contributed by atoms with Crippen LogP contribution in [0.1, 0.15) is 0 Å². The molecule has 0 radical (unpaired) electrons. The summed E-state index contributed by atoms with van der Waals surface area (Å²) in [4.78, 5) is 0. The molecule has 0 aromatic heterocycles. The molecule has 0 aliphatic rings. The molecule has 0 spiro atoms. The molecule has 0 bridgehead atoms. The van der Waals surface area contributed by atoms with Crippen molar-refractivity contribution in [1.82, 2.24) is 0 Å². The normalized spacial score (nSPS) is 10.9. The second-order valence-electron chi connectivity index (χ2n) is 0.756. The first-order valence-electron chi connectivity index (χ1n) is 1.23. The first kappa shape index (κ1) is 17.9. The number of rotatable bonds is 0. The molecule has 0 atom stereocenters. The van der Waals surface area contributed by atoms with Crippen molar-refractivity contribution in [3.63, 3.8) is 0 Å². The van der Waals surface area contributed by atoms with Crippen molar-refractivity contribution in [2.24, 2.45) is 0 Å². The Balaban J connectivity index is -0.000000107. The van der Waals surface area contributed by atoms with Crippen molar-refractivity contribution in [3.05, 3.63) is 0 Å². The molecule has 8 nitrogen and oxygen atoms in total. The molecule has 0 aromatic carbocycles. The van der Waals surface area contributed by atoms with E-state index in [2.05, 4.69) is 0 Å². The average Bonchev–Trinajstić information content (AvgIpc) is 1.12. The summed E-state index contributed by atoms with van der Waals surface area (Å²) in [6, 6.07) is 0. The minimum absolute atomic E-state index is 0. The van der Waals surface area contributed by atoms with Gasteiger partial charge >= 0.3 is 20.4 Å². The Hall–Kier alpha value is 0.922. The average molecular weight is 305 g/mol. The zero-order chi connectivity index (χ0) is 9.00. The van der Waals surface area contributed by atoms with Gasteiger partial charge < -0.3 is 0 Å². The van der Waals surface area contributed by atoms with Crippen molar-refractivity contribution in [1.29, 1.82) is 0 Å². The first-order valence-corrected chi connectivity index (χ1v) is 3.70. The van der Waals surface area contributed by atoms with Gasteiger partial charge in [-0.25, -0.2) is 37.3 Å². The van der Waals surface area contributed by atoms with E-state index in [4.69, 9.17) is 37.3 Å². The van der Waals surface area contributed by atoms with Crippen LogP contribution in [0, 0.1) is 20.5 Å². The quantitative estimate of drug-likeness (QED) is 0.394. The van der Waals surface area contributed by atoms with Gasteiger partial charge in [0.05, 0.1) is 0 Å². The molecule has 0 fully saturated rings. The van der Waals surface area contributed by atoms with E-state index in [0.29, 0.717) is 0 Å². The van der Waals surface area contributed by atoms with Gasteiger partial charge in [-0.3, -0.25) is 0 Å². The minimum Gasteiger partial charge on any atom is -0.222 e. The van der Waals surface area contributed by atoms with E-state index in [0.717, 1.165) is 0 Å². The molecular formula is Cl2O8Pd. The van der Waals surface area contributed by atoms with Crippen molar-refractivity contribution in [2.45, 2.75) is 0 Å². The largest absolute Gasteiger partial charge is 2.00 e. The van der Waals surface area contributed by atoms with Crippen LogP contribution in [0.15, 0.2) is 0 Å². The fourth-order valence-electron chi connectivity index (χ4n) is 0. The molecule has 0 unspecified atom stereocenters. The van der Waals surface area contributed by atoms with E-state index in [9.17, 15) is 0 Å². The van der Waals surface area contributed by atoms with Gasteiger partial charge in [0.2, 0.25) is 0 Å². The predicted octanol–water partition coefficient (Wildman–Crippen LogP) is -9.51. The third kappa shape index (κ3) is 1020. The Morgan fingerprint density at radius 1 is 0.455 bits per heavy atom. The summed E-state index contributed by atoms with van der Waals surface area (Å²) in [6.45, 7) is 0. The van der Waals surface area contributed by atoms with Gasteiger partial charge in [0.1, 0.15) is 0 Å². The molecule has 0 aromatic rings. The van der Waals surface area contributed by atoms with E-state index >= 15 is 0 Å². The molecule has 0 rings (SSSR count). The van der Waals surface area contributed by atoms with Crippen molar-refractivity contribution >= 4 is 0 Å². The zero-order valence-corrected chi connectivity index (χ0v) is 7.40. The van der Waals surface area contributed by atoms with Crippen LogP contribution in [-0.4, -0.2) is 0 Å². The molecule has 0 aliphatic heterocycles. The monoisotopic (exact) mass is 304 g/mol. The van der Waals surface area contributed by atoms with E-state index in [1.54, 1.807) is 0 Å². The maximum Gasteiger partial charge on any atom is 2.00 e. The Morgan fingerprint density at radius 2 is 0.455 bits per heavy atom. The Morgan fingerprint density at radius 3 is 0.455 bits per heavy atom. The second-order valence-corrected chi connectivity index (χ2v) is 2.27. The summed E-state index contributed by atoms with van der Waals surface area (Å²) in [7, 11) is -9.89. The van der Waals surface area contributed by atoms with Gasteiger partial charge in [0.15, 0.2) is 0 Å². The second kappa shape index (κ2) is 6.44. The smallest absolute Gasteiger partial charge is 0.222 e. The Labute approximate surface area is 78.4 Å². The maximum atomic E-state index is 8.49. The summed E-state index contributed by atoms with van der Waals surface area (Å²) in [6.07, 6.45) is 0. The van der Waals surface area contributed by atoms with E-state index in [1.807, 2.05) is 0 Å². The predicted molar refractivity (Wildman–Crippen MR) is 0 cm³/mol. The molecule has 11 heteroatoms. The van der Waals surface area contributed by atoms with Crippen molar-refractivity contribution < 1.29 is 78.2 Å². The van der Waals surface area contributed by atoms with Crippen LogP contribution < -0.4 is 37.3 Å². The summed E-state index contributed by atoms with van der Waals surface area (Å²) < 4.78 is 67.9. The van der Waals surface area contributed by atoms with Crippen LogP contribution in [0.5, 0.6) is 0 Å². The fraction of sp³-hybridized carbons (Fsp3) is 0. The Kier molecular flexibility index (Phi) is 10.5. The SMILES string of the molecule is [O-][Cl+3]([O-])([O-])[O-].[O-][Cl+3]([O-])([O-])[O-].[Pd+2]. The van der Waals surface area contributed by atoms with Crippen LogP contribution in [0.3, 0.4) is 0 Å². The third-order valence-electron chi connectivity index (χ3n) is 0. The van der Waals surface area contributed by atoms with Crippen LogP contribution in [0.4, 0.5) is 0 Å². The summed E-state index contributed by atoms with van der Waals surface area (Å²) in [5.41, 5.74) is 0. The molecule has 0 amide bonds. The van der Waals surface area contributed by atoms with E-state index in [-0.39, 0.29) is 20.4 Å². The molecule has 11 heavy (non-hydrogen) atoms. The molecule has 0 saturated heterocycles. The summed E-state index contributed by atoms with van der Waals surface area (Å²) >= 11 is 0. The van der Waals surface area contributed by atoms with Gasteiger partial charge in [-0.15, -0.1) is 20.5 Å². The number of hydrogen-bond acceptors (Lipinski definition) is 8. The minimum atomic E-state index is -4.94. The van der Waals surface area contributed by atoms with Gasteiger partial charge in [-0.2, -0.15) is 0 Å². The molecule has 72 valence electrons.